The molecule has 0 spiro atoms. The average Bonchev–Trinajstić information content (AvgIpc) is 2.61. The van der Waals surface area contributed by atoms with Crippen LogP contribution in [-0.4, -0.2) is 36.3 Å². The summed E-state index contributed by atoms with van der Waals surface area (Å²) < 4.78 is 19.6. The number of fused-ring (bicyclic) bond motifs is 1. The molecule has 1 saturated heterocycles. The number of aromatic nitrogens is 1. The van der Waals surface area contributed by atoms with Gasteiger partial charge >= 0.3 is 5.97 Å². The molecule has 7 heteroatoms. The molecule has 0 saturated carbocycles. The predicted molar refractivity (Wildman–Crippen MR) is 93.4 cm³/mol. The van der Waals surface area contributed by atoms with E-state index in [1.165, 1.54) is 6.20 Å². The van der Waals surface area contributed by atoms with Crippen molar-refractivity contribution in [2.24, 2.45) is 0 Å². The van der Waals surface area contributed by atoms with Gasteiger partial charge in [0.2, 0.25) is 5.67 Å². The number of anilines is 1. The highest BCUT2D eigenvalue weighted by atomic mass is 35.5. The van der Waals surface area contributed by atoms with Crippen LogP contribution in [0.5, 0.6) is 0 Å². The van der Waals surface area contributed by atoms with E-state index in [1.54, 1.807) is 25.1 Å². The van der Waals surface area contributed by atoms with Crippen molar-refractivity contribution in [1.29, 1.82) is 5.26 Å². The second kappa shape index (κ2) is 6.85. The Hall–Kier alpha value is -2.39. The second-order valence-corrected chi connectivity index (χ2v) is 6.40. The van der Waals surface area contributed by atoms with Gasteiger partial charge < -0.3 is 9.64 Å². The maximum Gasteiger partial charge on any atom is 0.344 e. The number of hydrogen-bond donors (Lipinski definition) is 0. The molecule has 130 valence electrons. The zero-order valence-corrected chi connectivity index (χ0v) is 14.5. The fraction of sp³-hybridized carbons (Fsp3) is 0.389. The fourth-order valence-corrected chi connectivity index (χ4v) is 3.29. The van der Waals surface area contributed by atoms with Crippen LogP contribution in [-0.2, 0) is 9.53 Å². The van der Waals surface area contributed by atoms with Crippen molar-refractivity contribution in [3.8, 4) is 6.07 Å². The van der Waals surface area contributed by atoms with Crippen molar-refractivity contribution < 1.29 is 13.9 Å². The van der Waals surface area contributed by atoms with Crippen molar-refractivity contribution in [1.82, 2.24) is 4.98 Å². The van der Waals surface area contributed by atoms with Crippen LogP contribution in [0.1, 0.15) is 25.3 Å². The molecule has 0 amide bonds. The topological polar surface area (TPSA) is 66.2 Å². The monoisotopic (exact) mass is 361 g/mol. The van der Waals surface area contributed by atoms with Crippen LogP contribution in [0.2, 0.25) is 5.02 Å². The summed E-state index contributed by atoms with van der Waals surface area (Å²) in [6, 6.07) is 7.40. The molecule has 25 heavy (non-hydrogen) atoms. The average molecular weight is 362 g/mol. The van der Waals surface area contributed by atoms with Gasteiger partial charge in [0.1, 0.15) is 6.07 Å². The highest BCUT2D eigenvalue weighted by molar-refractivity contribution is 6.31. The van der Waals surface area contributed by atoms with Crippen LogP contribution >= 0.6 is 11.6 Å². The molecule has 1 aromatic carbocycles. The van der Waals surface area contributed by atoms with E-state index < -0.39 is 11.6 Å². The number of esters is 1. The number of rotatable bonds is 3. The number of benzene rings is 1. The highest BCUT2D eigenvalue weighted by Crippen LogP contribution is 2.36. The zero-order valence-electron chi connectivity index (χ0n) is 13.8. The van der Waals surface area contributed by atoms with Crippen LogP contribution in [0, 0.1) is 11.3 Å². The lowest BCUT2D eigenvalue weighted by Crippen LogP contribution is -2.47. The summed E-state index contributed by atoms with van der Waals surface area (Å²) in [6.45, 7) is 2.41. The number of halogens is 2. The SMILES string of the molecule is CCOC(=O)C1(F)CCN(c2c(C#N)cnc3ccc(Cl)cc23)CC1. The van der Waals surface area contributed by atoms with Gasteiger partial charge in [0, 0.05) is 42.5 Å². The lowest BCUT2D eigenvalue weighted by molar-refractivity contribution is -0.158. The van der Waals surface area contributed by atoms with Gasteiger partial charge in [0.25, 0.3) is 0 Å². The minimum Gasteiger partial charge on any atom is -0.464 e. The third-order valence-electron chi connectivity index (χ3n) is 4.44. The van der Waals surface area contributed by atoms with E-state index in [4.69, 9.17) is 16.3 Å². The highest BCUT2D eigenvalue weighted by Gasteiger charge is 2.43. The Kier molecular flexibility index (Phi) is 4.78. The summed E-state index contributed by atoms with van der Waals surface area (Å²) in [5.74, 6) is -0.808. The van der Waals surface area contributed by atoms with Gasteiger partial charge in [-0.15, -0.1) is 0 Å². The maximum absolute atomic E-state index is 14.8. The Morgan fingerprint density at radius 3 is 2.84 bits per heavy atom. The van der Waals surface area contributed by atoms with Crippen molar-refractivity contribution in [3.63, 3.8) is 0 Å². The van der Waals surface area contributed by atoms with E-state index in [0.717, 1.165) is 5.39 Å². The number of nitrogens with zero attached hydrogens (tertiary/aromatic N) is 3. The quantitative estimate of drug-likeness (QED) is 0.781. The Morgan fingerprint density at radius 2 is 2.20 bits per heavy atom. The molecule has 1 aromatic heterocycles. The molecule has 0 bridgehead atoms. The summed E-state index contributed by atoms with van der Waals surface area (Å²) in [7, 11) is 0. The minimum absolute atomic E-state index is 0.0150. The van der Waals surface area contributed by atoms with Gasteiger partial charge in [-0.2, -0.15) is 5.26 Å². The lowest BCUT2D eigenvalue weighted by atomic mass is 9.92. The Bertz CT molecular complexity index is 857. The standard InChI is InChI=1S/C18H17ClFN3O2/c1-2-25-17(24)18(20)5-7-23(8-6-18)16-12(10-21)11-22-15-4-3-13(19)9-14(15)16/h3-4,9,11H,2,5-8H2,1H3. The van der Waals surface area contributed by atoms with Gasteiger partial charge in [-0.3, -0.25) is 4.98 Å². The summed E-state index contributed by atoms with van der Waals surface area (Å²) >= 11 is 6.10. The third-order valence-corrected chi connectivity index (χ3v) is 4.67. The molecule has 0 atom stereocenters. The number of ether oxygens (including phenoxy) is 1. The maximum atomic E-state index is 14.8. The fourth-order valence-electron chi connectivity index (χ4n) is 3.12. The Labute approximate surface area is 150 Å². The van der Waals surface area contributed by atoms with Gasteiger partial charge in [-0.1, -0.05) is 11.6 Å². The Morgan fingerprint density at radius 1 is 1.48 bits per heavy atom. The van der Waals surface area contributed by atoms with Crippen LogP contribution in [0.4, 0.5) is 10.1 Å². The summed E-state index contributed by atoms with van der Waals surface area (Å²) in [4.78, 5) is 18.0. The van der Waals surface area contributed by atoms with Gasteiger partial charge in [0.05, 0.1) is 23.4 Å². The number of pyridine rings is 1. The van der Waals surface area contributed by atoms with Crippen LogP contribution in [0.15, 0.2) is 24.4 Å². The van der Waals surface area contributed by atoms with E-state index in [-0.39, 0.29) is 19.4 Å². The number of carbonyl (C=O) groups excluding carboxylic acids is 1. The summed E-state index contributed by atoms with van der Waals surface area (Å²) in [5, 5.41) is 10.7. The molecule has 3 rings (SSSR count). The van der Waals surface area contributed by atoms with E-state index in [0.29, 0.717) is 34.9 Å². The minimum atomic E-state index is -1.97. The second-order valence-electron chi connectivity index (χ2n) is 5.97. The molecule has 0 N–H and O–H groups in total. The first-order valence-electron chi connectivity index (χ1n) is 8.08. The van der Waals surface area contributed by atoms with Crippen molar-refractivity contribution in [3.05, 3.63) is 35.0 Å². The number of carbonyl (C=O) groups is 1. The molecule has 2 aromatic rings. The van der Waals surface area contributed by atoms with Gasteiger partial charge in [-0.25, -0.2) is 9.18 Å². The first-order valence-corrected chi connectivity index (χ1v) is 8.46. The molecule has 5 nitrogen and oxygen atoms in total. The van der Waals surface area contributed by atoms with E-state index >= 15 is 0 Å². The molecule has 1 aliphatic rings. The molecule has 0 aliphatic carbocycles. The molecule has 2 heterocycles. The molecular formula is C18H17ClFN3O2. The number of piperidine rings is 1. The Balaban J connectivity index is 1.95. The van der Waals surface area contributed by atoms with Crippen LogP contribution in [0.3, 0.4) is 0 Å². The third kappa shape index (κ3) is 3.24. The van der Waals surface area contributed by atoms with Crippen molar-refractivity contribution >= 4 is 34.2 Å². The first kappa shape index (κ1) is 17.4. The predicted octanol–water partition coefficient (Wildman–Crippen LogP) is 3.63. The summed E-state index contributed by atoms with van der Waals surface area (Å²) in [5.41, 5.74) is -0.182. The van der Waals surface area contributed by atoms with Gasteiger partial charge in [0.15, 0.2) is 0 Å². The normalized spacial score (nSPS) is 16.5. The lowest BCUT2D eigenvalue weighted by Gasteiger charge is -2.36. The van der Waals surface area contributed by atoms with Crippen LogP contribution in [0.25, 0.3) is 10.9 Å². The molecule has 1 aliphatic heterocycles. The summed E-state index contributed by atoms with van der Waals surface area (Å²) in [6.07, 6.45) is 1.54. The van der Waals surface area contributed by atoms with E-state index in [1.807, 2.05) is 4.90 Å². The van der Waals surface area contributed by atoms with Crippen molar-refractivity contribution in [2.75, 3.05) is 24.6 Å². The zero-order chi connectivity index (χ0) is 18.0. The largest absolute Gasteiger partial charge is 0.464 e. The number of alkyl halides is 1. The van der Waals surface area contributed by atoms with Crippen LogP contribution < -0.4 is 4.90 Å². The molecule has 1 fully saturated rings. The number of nitriles is 1. The number of hydrogen-bond acceptors (Lipinski definition) is 5. The first-order chi connectivity index (χ1) is 12.0. The van der Waals surface area contributed by atoms with E-state index in [2.05, 4.69) is 11.1 Å². The smallest absolute Gasteiger partial charge is 0.344 e. The van der Waals surface area contributed by atoms with Crippen molar-refractivity contribution in [2.45, 2.75) is 25.4 Å². The van der Waals surface area contributed by atoms with E-state index in [9.17, 15) is 14.4 Å². The van der Waals surface area contributed by atoms with Gasteiger partial charge in [-0.05, 0) is 25.1 Å². The molecule has 0 unspecified atom stereocenters. The molecular weight excluding hydrogens is 345 g/mol. The molecule has 0 radical (unpaired) electrons.